The number of hydrogen-bond acceptors (Lipinski definition) is 2. The van der Waals surface area contributed by atoms with Crippen molar-refractivity contribution in [1.82, 2.24) is 20.9 Å². The predicted molar refractivity (Wildman–Crippen MR) is 130 cm³/mol. The van der Waals surface area contributed by atoms with E-state index in [9.17, 15) is 9.18 Å². The van der Waals surface area contributed by atoms with Crippen LogP contribution >= 0.6 is 24.0 Å². The number of amides is 1. The molecule has 30 heavy (non-hydrogen) atoms. The molecule has 0 bridgehead atoms. The largest absolute Gasteiger partial charge is 0.361 e. The minimum absolute atomic E-state index is 0. The van der Waals surface area contributed by atoms with E-state index in [1.807, 2.05) is 25.3 Å². The van der Waals surface area contributed by atoms with E-state index in [1.165, 1.54) is 6.07 Å². The minimum Gasteiger partial charge on any atom is -0.361 e. The summed E-state index contributed by atoms with van der Waals surface area (Å²) < 4.78 is 13.5. The van der Waals surface area contributed by atoms with Gasteiger partial charge in [-0.1, -0.05) is 12.1 Å². The Bertz CT molecular complexity index is 1000. The number of halogens is 2. The van der Waals surface area contributed by atoms with Crippen LogP contribution in [0.1, 0.15) is 28.4 Å². The fraction of sp³-hybridized carbons (Fsp3) is 0.273. The van der Waals surface area contributed by atoms with Crippen LogP contribution < -0.4 is 16.0 Å². The number of rotatable bonds is 7. The first-order valence-corrected chi connectivity index (χ1v) is 9.69. The fourth-order valence-electron chi connectivity index (χ4n) is 3.09. The zero-order valence-corrected chi connectivity index (χ0v) is 19.4. The van der Waals surface area contributed by atoms with Crippen LogP contribution in [-0.2, 0) is 13.0 Å². The minimum atomic E-state index is -0.233. The number of nitrogens with zero attached hydrogens (tertiary/aromatic N) is 1. The molecule has 0 atom stereocenters. The van der Waals surface area contributed by atoms with E-state index in [0.29, 0.717) is 24.6 Å². The van der Waals surface area contributed by atoms with Gasteiger partial charge in [0.05, 0.1) is 6.54 Å². The Morgan fingerprint density at radius 3 is 2.60 bits per heavy atom. The molecule has 1 aromatic heterocycles. The van der Waals surface area contributed by atoms with Crippen LogP contribution in [0.15, 0.2) is 53.7 Å². The van der Waals surface area contributed by atoms with Gasteiger partial charge in [0.25, 0.3) is 5.91 Å². The molecular formula is C22H27FIN5O. The van der Waals surface area contributed by atoms with Gasteiger partial charge in [-0.25, -0.2) is 9.38 Å². The second-order valence-electron chi connectivity index (χ2n) is 6.65. The number of guanidine groups is 1. The molecule has 0 aliphatic heterocycles. The van der Waals surface area contributed by atoms with E-state index in [4.69, 9.17) is 0 Å². The first-order valence-electron chi connectivity index (χ1n) is 9.69. The maximum atomic E-state index is 13.5. The maximum Gasteiger partial charge on any atom is 0.251 e. The molecule has 0 aliphatic rings. The van der Waals surface area contributed by atoms with Crippen LogP contribution in [0.25, 0.3) is 10.9 Å². The molecule has 0 spiro atoms. The topological polar surface area (TPSA) is 81.3 Å². The summed E-state index contributed by atoms with van der Waals surface area (Å²) in [4.78, 5) is 19.4. The van der Waals surface area contributed by atoms with Gasteiger partial charge in [0.1, 0.15) is 5.82 Å². The highest BCUT2D eigenvalue weighted by molar-refractivity contribution is 14.0. The lowest BCUT2D eigenvalue weighted by atomic mass is 10.1. The van der Waals surface area contributed by atoms with Crippen molar-refractivity contribution in [1.29, 1.82) is 0 Å². The molecular weight excluding hydrogens is 496 g/mol. The highest BCUT2D eigenvalue weighted by Crippen LogP contribution is 2.19. The Morgan fingerprint density at radius 1 is 1.13 bits per heavy atom. The Balaban J connectivity index is 0.00000320. The van der Waals surface area contributed by atoms with Gasteiger partial charge in [-0.05, 0) is 54.8 Å². The number of carbonyl (C=O) groups is 1. The van der Waals surface area contributed by atoms with Crippen LogP contribution in [0.3, 0.4) is 0 Å². The second-order valence-corrected chi connectivity index (χ2v) is 6.65. The highest BCUT2D eigenvalue weighted by atomic mass is 127. The third-order valence-electron chi connectivity index (χ3n) is 4.62. The first-order chi connectivity index (χ1) is 14.1. The number of H-pyrrole nitrogens is 1. The summed E-state index contributed by atoms with van der Waals surface area (Å²) in [7, 11) is 1.61. The zero-order valence-electron chi connectivity index (χ0n) is 17.1. The van der Waals surface area contributed by atoms with Gasteiger partial charge in [0.15, 0.2) is 5.96 Å². The van der Waals surface area contributed by atoms with Gasteiger partial charge in [-0.2, -0.15) is 0 Å². The molecule has 0 saturated heterocycles. The number of aromatic amines is 1. The lowest BCUT2D eigenvalue weighted by Gasteiger charge is -2.11. The van der Waals surface area contributed by atoms with Gasteiger partial charge in [-0.3, -0.25) is 4.79 Å². The summed E-state index contributed by atoms with van der Waals surface area (Å²) in [5.41, 5.74) is 3.64. The highest BCUT2D eigenvalue weighted by Gasteiger charge is 2.06. The number of hydrogen-bond donors (Lipinski definition) is 4. The number of benzene rings is 2. The monoisotopic (exact) mass is 523 g/mol. The number of aliphatic imine (C=N–C) groups is 1. The van der Waals surface area contributed by atoms with E-state index in [2.05, 4.69) is 25.9 Å². The molecule has 0 unspecified atom stereocenters. The molecule has 3 aromatic rings. The standard InChI is InChI=1S/C22H26FN5O.HI/c1-3-25-22(28-13-15-4-6-16(7-5-15)21(29)24-2)26-11-10-17-14-27-20-9-8-18(23)12-19(17)20;/h4-9,12,14,27H,3,10-11,13H2,1-2H3,(H,24,29)(H2,25,26,28);1H. The van der Waals surface area contributed by atoms with Crippen molar-refractivity contribution in [3.63, 3.8) is 0 Å². The van der Waals surface area contributed by atoms with Gasteiger partial charge < -0.3 is 20.9 Å². The molecule has 6 nitrogen and oxygen atoms in total. The zero-order chi connectivity index (χ0) is 20.6. The summed E-state index contributed by atoms with van der Waals surface area (Å²) in [6.07, 6.45) is 2.67. The van der Waals surface area contributed by atoms with Crippen molar-refractivity contribution in [2.75, 3.05) is 20.1 Å². The number of nitrogens with one attached hydrogen (secondary N) is 4. The Kier molecular flexibility index (Phi) is 9.10. The number of aromatic nitrogens is 1. The third kappa shape index (κ3) is 6.19. The van der Waals surface area contributed by atoms with Gasteiger partial charge >= 0.3 is 0 Å². The number of carbonyl (C=O) groups excluding carboxylic acids is 1. The van der Waals surface area contributed by atoms with Crippen LogP contribution in [0.2, 0.25) is 0 Å². The summed E-state index contributed by atoms with van der Waals surface area (Å²) >= 11 is 0. The summed E-state index contributed by atoms with van der Waals surface area (Å²) in [6, 6.07) is 12.2. The molecule has 160 valence electrons. The second kappa shape index (κ2) is 11.5. The lowest BCUT2D eigenvalue weighted by Crippen LogP contribution is -2.38. The molecule has 0 aliphatic carbocycles. The van der Waals surface area contributed by atoms with Crippen molar-refractivity contribution < 1.29 is 9.18 Å². The van der Waals surface area contributed by atoms with Crippen molar-refractivity contribution in [3.8, 4) is 0 Å². The third-order valence-corrected chi connectivity index (χ3v) is 4.62. The summed E-state index contributed by atoms with van der Waals surface area (Å²) in [5, 5.41) is 10.1. The maximum absolute atomic E-state index is 13.5. The number of fused-ring (bicyclic) bond motifs is 1. The Labute approximate surface area is 192 Å². The quantitative estimate of drug-likeness (QED) is 0.217. The van der Waals surface area contributed by atoms with Crippen molar-refractivity contribution in [2.24, 2.45) is 4.99 Å². The molecule has 0 saturated carbocycles. The average Bonchev–Trinajstić information content (AvgIpc) is 3.14. The predicted octanol–water partition coefficient (Wildman–Crippen LogP) is 3.58. The summed E-state index contributed by atoms with van der Waals surface area (Å²) in [5.74, 6) is 0.379. The van der Waals surface area contributed by atoms with Crippen molar-refractivity contribution >= 4 is 46.7 Å². The van der Waals surface area contributed by atoms with Gasteiger partial charge in [0, 0.05) is 42.8 Å². The van der Waals surface area contributed by atoms with Crippen LogP contribution in [0.4, 0.5) is 4.39 Å². The van der Waals surface area contributed by atoms with E-state index in [1.54, 1.807) is 31.3 Å². The Hall–Kier alpha value is -2.62. The molecule has 4 N–H and O–H groups in total. The smallest absolute Gasteiger partial charge is 0.251 e. The Morgan fingerprint density at radius 2 is 1.90 bits per heavy atom. The molecule has 0 fully saturated rings. The van der Waals surface area contributed by atoms with Crippen LogP contribution in [-0.4, -0.2) is 37.0 Å². The van der Waals surface area contributed by atoms with Crippen molar-refractivity contribution in [3.05, 3.63) is 71.2 Å². The van der Waals surface area contributed by atoms with E-state index >= 15 is 0 Å². The molecule has 1 amide bonds. The summed E-state index contributed by atoms with van der Waals surface area (Å²) in [6.45, 7) is 3.93. The normalized spacial score (nSPS) is 11.1. The molecule has 8 heteroatoms. The average molecular weight is 523 g/mol. The van der Waals surface area contributed by atoms with E-state index in [0.717, 1.165) is 35.0 Å². The molecule has 2 aromatic carbocycles. The molecule has 3 rings (SSSR count). The van der Waals surface area contributed by atoms with Crippen LogP contribution in [0.5, 0.6) is 0 Å². The first kappa shape index (κ1) is 23.7. The van der Waals surface area contributed by atoms with Gasteiger partial charge in [-0.15, -0.1) is 24.0 Å². The fourth-order valence-corrected chi connectivity index (χ4v) is 3.09. The van der Waals surface area contributed by atoms with E-state index < -0.39 is 0 Å². The van der Waals surface area contributed by atoms with Crippen molar-refractivity contribution in [2.45, 2.75) is 19.9 Å². The van der Waals surface area contributed by atoms with Crippen LogP contribution in [0, 0.1) is 5.82 Å². The van der Waals surface area contributed by atoms with E-state index in [-0.39, 0.29) is 35.7 Å². The van der Waals surface area contributed by atoms with Gasteiger partial charge in [0.2, 0.25) is 0 Å². The lowest BCUT2D eigenvalue weighted by molar-refractivity contribution is 0.0963. The molecule has 1 heterocycles. The SMILES string of the molecule is CCNC(=NCc1ccc(C(=O)NC)cc1)NCCc1c[nH]c2ccc(F)cc12.I. The molecule has 0 radical (unpaired) electrons.